The number of carbonyl (C=O) groups excluding carboxylic acids is 2. The van der Waals surface area contributed by atoms with Crippen LogP contribution in [0.25, 0.3) is 0 Å². The number of benzene rings is 1. The fourth-order valence-corrected chi connectivity index (χ4v) is 4.48. The number of hydrogen-bond donors (Lipinski definition) is 2. The lowest BCUT2D eigenvalue weighted by Crippen LogP contribution is -2.47. The zero-order chi connectivity index (χ0) is 18.8. The van der Waals surface area contributed by atoms with E-state index in [-0.39, 0.29) is 28.7 Å². The van der Waals surface area contributed by atoms with Gasteiger partial charge in [-0.1, -0.05) is 28.9 Å². The molecule has 2 aliphatic heterocycles. The highest BCUT2D eigenvalue weighted by Gasteiger charge is 2.60. The number of nitrogens with zero attached hydrogens (tertiary/aromatic N) is 1. The summed E-state index contributed by atoms with van der Waals surface area (Å²) in [6.45, 7) is 3.83. The van der Waals surface area contributed by atoms with Crippen molar-refractivity contribution in [1.29, 1.82) is 5.26 Å². The van der Waals surface area contributed by atoms with Crippen molar-refractivity contribution in [3.63, 3.8) is 0 Å². The van der Waals surface area contributed by atoms with Crippen LogP contribution in [0, 0.1) is 24.2 Å². The molecule has 1 aromatic carbocycles. The van der Waals surface area contributed by atoms with E-state index in [1.165, 1.54) is 0 Å². The van der Waals surface area contributed by atoms with Crippen LogP contribution in [0.2, 0.25) is 0 Å². The number of carbonyl (C=O) groups is 2. The van der Waals surface area contributed by atoms with E-state index in [0.29, 0.717) is 29.9 Å². The summed E-state index contributed by atoms with van der Waals surface area (Å²) in [5.74, 6) is -0.248. The second kappa shape index (κ2) is 5.45. The number of ether oxygens (including phenoxy) is 1. The van der Waals surface area contributed by atoms with Gasteiger partial charge in [0.2, 0.25) is 11.8 Å². The number of fused-ring (bicyclic) bond motifs is 3. The minimum atomic E-state index is -1.54. The molecule has 26 heavy (non-hydrogen) atoms. The minimum Gasteiger partial charge on any atom is -0.444 e. The third-order valence-electron chi connectivity index (χ3n) is 5.26. The van der Waals surface area contributed by atoms with E-state index < -0.39 is 11.3 Å². The van der Waals surface area contributed by atoms with Crippen LogP contribution in [0.5, 0.6) is 0 Å². The molecule has 2 heterocycles. The number of hydrogen-bond acceptors (Lipinski definition) is 5. The van der Waals surface area contributed by atoms with Crippen molar-refractivity contribution in [3.05, 3.63) is 50.5 Å². The van der Waals surface area contributed by atoms with Gasteiger partial charge in [-0.3, -0.25) is 9.59 Å². The molecule has 1 amide bonds. The lowest BCUT2D eigenvalue weighted by molar-refractivity contribution is -0.123. The predicted octanol–water partition coefficient (Wildman–Crippen LogP) is 2.92. The highest BCUT2D eigenvalue weighted by molar-refractivity contribution is 9.10. The monoisotopic (exact) mass is 413 g/mol. The highest BCUT2D eigenvalue weighted by atomic mass is 79.9. The van der Waals surface area contributed by atoms with E-state index in [1.54, 1.807) is 6.07 Å². The Bertz CT molecular complexity index is 1000. The molecule has 0 radical (unpaired) electrons. The molecule has 0 aromatic heterocycles. The first-order valence-corrected chi connectivity index (χ1v) is 9.07. The summed E-state index contributed by atoms with van der Waals surface area (Å²) in [5.41, 5.74) is 6.73. The van der Waals surface area contributed by atoms with Crippen molar-refractivity contribution in [2.24, 2.45) is 11.7 Å². The summed E-state index contributed by atoms with van der Waals surface area (Å²) in [7, 11) is 0. The van der Waals surface area contributed by atoms with Gasteiger partial charge < -0.3 is 15.8 Å². The number of nitrogens with two attached hydrogens (primary N) is 1. The molecular weight excluding hydrogens is 398 g/mol. The summed E-state index contributed by atoms with van der Waals surface area (Å²) in [6, 6.07) is 5.64. The first-order valence-electron chi connectivity index (χ1n) is 8.27. The number of halogens is 1. The molecule has 0 unspecified atom stereocenters. The second-order valence-electron chi connectivity index (χ2n) is 7.04. The average Bonchev–Trinajstić information content (AvgIpc) is 2.80. The van der Waals surface area contributed by atoms with Crippen LogP contribution in [0.4, 0.5) is 5.69 Å². The standard InChI is InChI=1S/C19H16BrN3O3/c1-8-3-14(24)16-15(4-8)26-17(22)11(7-21)19(16)10-5-9(2)12(20)6-13(10)23-18(19)25/h5-6,8H,3-4,22H2,1-2H3,(H,23,25)/t8-,19-/m1/s1. The van der Waals surface area contributed by atoms with Gasteiger partial charge in [0.25, 0.3) is 0 Å². The van der Waals surface area contributed by atoms with Crippen LogP contribution in [0.3, 0.4) is 0 Å². The van der Waals surface area contributed by atoms with Gasteiger partial charge in [-0.2, -0.15) is 5.26 Å². The van der Waals surface area contributed by atoms with Crippen molar-refractivity contribution in [2.75, 3.05) is 5.32 Å². The molecular formula is C19H16BrN3O3. The van der Waals surface area contributed by atoms with Crippen molar-refractivity contribution >= 4 is 33.3 Å². The number of amides is 1. The van der Waals surface area contributed by atoms with Gasteiger partial charge in [0.15, 0.2) is 5.78 Å². The summed E-state index contributed by atoms with van der Waals surface area (Å²) >= 11 is 3.46. The first kappa shape index (κ1) is 16.9. The molecule has 7 heteroatoms. The number of anilines is 1. The third kappa shape index (κ3) is 1.96. The van der Waals surface area contributed by atoms with Crippen molar-refractivity contribution in [2.45, 2.75) is 32.1 Å². The molecule has 0 bridgehead atoms. The Morgan fingerprint density at radius 1 is 1.38 bits per heavy atom. The number of Topliss-reactive ketones (excluding diaryl/α,β-unsaturated/α-hetero) is 1. The van der Waals surface area contributed by atoms with E-state index >= 15 is 0 Å². The number of allylic oxidation sites excluding steroid dienone is 1. The fraction of sp³-hybridized carbons (Fsp3) is 0.316. The van der Waals surface area contributed by atoms with Crippen LogP contribution in [-0.2, 0) is 19.7 Å². The second-order valence-corrected chi connectivity index (χ2v) is 7.89. The van der Waals surface area contributed by atoms with E-state index in [4.69, 9.17) is 10.5 Å². The summed E-state index contributed by atoms with van der Waals surface area (Å²) < 4.78 is 6.47. The summed E-state index contributed by atoms with van der Waals surface area (Å²) in [6.07, 6.45) is 0.807. The Balaban J connectivity index is 2.11. The summed E-state index contributed by atoms with van der Waals surface area (Å²) in [5, 5.41) is 12.6. The molecule has 0 fully saturated rings. The van der Waals surface area contributed by atoms with Crippen molar-refractivity contribution in [1.82, 2.24) is 0 Å². The zero-order valence-electron chi connectivity index (χ0n) is 14.3. The third-order valence-corrected chi connectivity index (χ3v) is 6.11. The topological polar surface area (TPSA) is 105 Å². The molecule has 6 nitrogen and oxygen atoms in total. The lowest BCUT2D eigenvalue weighted by atomic mass is 9.64. The molecule has 0 saturated carbocycles. The number of nitrogens with one attached hydrogen (secondary N) is 1. The van der Waals surface area contributed by atoms with E-state index in [2.05, 4.69) is 21.2 Å². The normalized spacial score (nSPS) is 27.1. The Hall–Kier alpha value is -2.59. The molecule has 3 aliphatic rings. The molecule has 132 valence electrons. The number of nitriles is 1. The number of aryl methyl sites for hydroxylation is 1. The van der Waals surface area contributed by atoms with Gasteiger partial charge in [-0.15, -0.1) is 0 Å². The number of ketones is 1. The quantitative estimate of drug-likeness (QED) is 0.679. The maximum Gasteiger partial charge on any atom is 0.245 e. The largest absolute Gasteiger partial charge is 0.444 e. The first-order chi connectivity index (χ1) is 12.3. The Morgan fingerprint density at radius 2 is 2.12 bits per heavy atom. The lowest BCUT2D eigenvalue weighted by Gasteiger charge is -2.38. The summed E-state index contributed by atoms with van der Waals surface area (Å²) in [4.78, 5) is 26.2. The van der Waals surface area contributed by atoms with Gasteiger partial charge in [-0.25, -0.2) is 0 Å². The van der Waals surface area contributed by atoms with Crippen molar-refractivity contribution < 1.29 is 14.3 Å². The van der Waals surface area contributed by atoms with Gasteiger partial charge in [-0.05, 0) is 24.5 Å². The molecule has 4 rings (SSSR count). The maximum atomic E-state index is 13.2. The van der Waals surface area contributed by atoms with Gasteiger partial charge in [0, 0.05) is 28.6 Å². The molecule has 0 saturated heterocycles. The molecule has 2 atom stereocenters. The SMILES string of the molecule is Cc1cc2c(cc1Br)NC(=O)[C@@]21C(C#N)=C(N)OC2=C1C(=O)C[C@@H](C)C2. The van der Waals surface area contributed by atoms with Crippen LogP contribution >= 0.6 is 15.9 Å². The fourth-order valence-electron chi connectivity index (χ4n) is 4.14. The van der Waals surface area contributed by atoms with Gasteiger partial charge in [0.05, 0.1) is 5.57 Å². The minimum absolute atomic E-state index is 0.0304. The van der Waals surface area contributed by atoms with Crippen LogP contribution in [-0.4, -0.2) is 11.7 Å². The maximum absolute atomic E-state index is 13.2. The van der Waals surface area contributed by atoms with Gasteiger partial charge in [0.1, 0.15) is 22.8 Å². The zero-order valence-corrected chi connectivity index (χ0v) is 15.9. The molecule has 3 N–H and O–H groups in total. The van der Waals surface area contributed by atoms with E-state index in [0.717, 1.165) is 10.0 Å². The van der Waals surface area contributed by atoms with Crippen LogP contribution in [0.1, 0.15) is 30.9 Å². The highest BCUT2D eigenvalue weighted by Crippen LogP contribution is 2.54. The van der Waals surface area contributed by atoms with Gasteiger partial charge >= 0.3 is 0 Å². The predicted molar refractivity (Wildman–Crippen MR) is 97.5 cm³/mol. The Kier molecular flexibility index (Phi) is 3.53. The molecule has 1 aromatic rings. The smallest absolute Gasteiger partial charge is 0.245 e. The molecule has 1 aliphatic carbocycles. The average molecular weight is 414 g/mol. The van der Waals surface area contributed by atoms with E-state index in [1.807, 2.05) is 26.0 Å². The van der Waals surface area contributed by atoms with E-state index in [9.17, 15) is 14.9 Å². The Morgan fingerprint density at radius 3 is 2.81 bits per heavy atom. The molecule has 1 spiro atoms. The van der Waals surface area contributed by atoms with Crippen LogP contribution in [0.15, 0.2) is 39.4 Å². The van der Waals surface area contributed by atoms with Crippen LogP contribution < -0.4 is 11.1 Å². The Labute approximate surface area is 158 Å². The number of rotatable bonds is 0. The van der Waals surface area contributed by atoms with Crippen molar-refractivity contribution in [3.8, 4) is 6.07 Å².